The van der Waals surface area contributed by atoms with Crippen molar-refractivity contribution < 1.29 is 27.1 Å². The van der Waals surface area contributed by atoms with Crippen LogP contribution in [0.2, 0.25) is 0 Å². The number of rotatable bonds is 8. The molecule has 1 atom stereocenters. The Morgan fingerprint density at radius 1 is 1.09 bits per heavy atom. The fourth-order valence-electron chi connectivity index (χ4n) is 3.33. The number of fused-ring (bicyclic) bond motifs is 1. The van der Waals surface area contributed by atoms with Crippen LogP contribution in [-0.2, 0) is 26.2 Å². The second-order valence-corrected chi connectivity index (χ2v) is 9.82. The molecule has 3 aromatic rings. The molecular weight excluding hydrogens is 446 g/mol. The van der Waals surface area contributed by atoms with E-state index in [2.05, 4.69) is 4.72 Å². The molecule has 0 spiro atoms. The third-order valence-electron chi connectivity index (χ3n) is 5.46. The Hall–Kier alpha value is -3.17. The lowest BCUT2D eigenvalue weighted by molar-refractivity contribution is -0.148. The molecule has 0 radical (unpaired) electrons. The van der Waals surface area contributed by atoms with Crippen molar-refractivity contribution in [2.24, 2.45) is 5.92 Å². The topological polar surface area (TPSA) is 112 Å². The van der Waals surface area contributed by atoms with Crippen molar-refractivity contribution in [3.63, 3.8) is 0 Å². The van der Waals surface area contributed by atoms with Gasteiger partial charge in [0.05, 0.1) is 12.0 Å². The van der Waals surface area contributed by atoms with Crippen LogP contribution in [-0.4, -0.2) is 27.5 Å². The molecule has 33 heavy (non-hydrogen) atoms. The van der Waals surface area contributed by atoms with E-state index in [-0.39, 0.29) is 17.4 Å². The summed E-state index contributed by atoms with van der Waals surface area (Å²) in [7, 11) is -2.50. The molecule has 2 aromatic carbocycles. The summed E-state index contributed by atoms with van der Waals surface area (Å²) in [4.78, 5) is 24.9. The highest BCUT2D eigenvalue weighted by molar-refractivity contribution is 7.89. The highest BCUT2D eigenvalue weighted by Crippen LogP contribution is 2.24. The molecule has 0 bridgehead atoms. The lowest BCUT2D eigenvalue weighted by atomic mass is 10.0. The Balaban J connectivity index is 1.81. The molecule has 0 amide bonds. The van der Waals surface area contributed by atoms with Crippen LogP contribution in [0.1, 0.15) is 30.5 Å². The zero-order valence-corrected chi connectivity index (χ0v) is 20.0. The molecular formula is C24H27NO7S. The Morgan fingerprint density at radius 2 is 1.76 bits per heavy atom. The van der Waals surface area contributed by atoms with E-state index in [1.54, 1.807) is 19.9 Å². The van der Waals surface area contributed by atoms with E-state index in [1.807, 2.05) is 19.9 Å². The first-order chi connectivity index (χ1) is 15.5. The SMILES string of the molecule is COc1ccc(S(=O)(=O)NC(C(=O)OCc2cc(=O)oc3c(C)c(C)ccc23)C(C)C)cc1. The van der Waals surface area contributed by atoms with Gasteiger partial charge in [0.15, 0.2) is 0 Å². The maximum atomic E-state index is 12.8. The van der Waals surface area contributed by atoms with Gasteiger partial charge < -0.3 is 13.9 Å². The van der Waals surface area contributed by atoms with Gasteiger partial charge in [0.2, 0.25) is 10.0 Å². The van der Waals surface area contributed by atoms with Crippen LogP contribution in [0.5, 0.6) is 5.75 Å². The summed E-state index contributed by atoms with van der Waals surface area (Å²) in [5, 5.41) is 0.658. The fourth-order valence-corrected chi connectivity index (χ4v) is 4.66. The molecule has 0 saturated carbocycles. The second kappa shape index (κ2) is 9.76. The molecule has 8 nitrogen and oxygen atoms in total. The predicted octanol–water partition coefficient (Wildman–Crippen LogP) is 3.46. The largest absolute Gasteiger partial charge is 0.497 e. The first-order valence-electron chi connectivity index (χ1n) is 10.4. The number of benzene rings is 2. The smallest absolute Gasteiger partial charge is 0.336 e. The van der Waals surface area contributed by atoms with Gasteiger partial charge in [0.1, 0.15) is 24.0 Å². The van der Waals surface area contributed by atoms with E-state index in [4.69, 9.17) is 13.9 Å². The van der Waals surface area contributed by atoms with Crippen molar-refractivity contribution in [2.45, 2.75) is 45.2 Å². The minimum absolute atomic E-state index is 0.000688. The molecule has 1 heterocycles. The van der Waals surface area contributed by atoms with E-state index in [9.17, 15) is 18.0 Å². The molecule has 1 unspecified atom stereocenters. The van der Waals surface area contributed by atoms with Crippen molar-refractivity contribution in [1.29, 1.82) is 0 Å². The Morgan fingerprint density at radius 3 is 2.36 bits per heavy atom. The van der Waals surface area contributed by atoms with E-state index in [0.29, 0.717) is 22.3 Å². The molecule has 0 aliphatic carbocycles. The number of aryl methyl sites for hydroxylation is 2. The summed E-state index contributed by atoms with van der Waals surface area (Å²) < 4.78 is 43.9. The lowest BCUT2D eigenvalue weighted by Gasteiger charge is -2.21. The molecule has 9 heteroatoms. The highest BCUT2D eigenvalue weighted by Gasteiger charge is 2.30. The lowest BCUT2D eigenvalue weighted by Crippen LogP contribution is -2.45. The van der Waals surface area contributed by atoms with Gasteiger partial charge in [-0.15, -0.1) is 0 Å². The summed E-state index contributed by atoms with van der Waals surface area (Å²) in [5.41, 5.74) is 2.16. The Labute approximate surface area is 192 Å². The van der Waals surface area contributed by atoms with Crippen molar-refractivity contribution in [1.82, 2.24) is 4.72 Å². The minimum atomic E-state index is -3.98. The van der Waals surface area contributed by atoms with Gasteiger partial charge in [0.25, 0.3) is 0 Å². The van der Waals surface area contributed by atoms with Gasteiger partial charge in [-0.05, 0) is 55.2 Å². The quantitative estimate of drug-likeness (QED) is 0.394. The number of hydrogen-bond acceptors (Lipinski definition) is 7. The summed E-state index contributed by atoms with van der Waals surface area (Å²) in [6, 6.07) is 9.68. The molecule has 0 aliphatic heterocycles. The van der Waals surface area contributed by atoms with Crippen LogP contribution >= 0.6 is 0 Å². The molecule has 0 saturated heterocycles. The molecule has 176 valence electrons. The number of methoxy groups -OCH3 is 1. The number of carbonyl (C=O) groups is 1. The van der Waals surface area contributed by atoms with E-state index >= 15 is 0 Å². The normalized spacial score (nSPS) is 12.7. The maximum absolute atomic E-state index is 12.8. The van der Waals surface area contributed by atoms with Crippen LogP contribution < -0.4 is 15.1 Å². The number of sulfonamides is 1. The van der Waals surface area contributed by atoms with Crippen LogP contribution in [0.3, 0.4) is 0 Å². The van der Waals surface area contributed by atoms with Gasteiger partial charge in [-0.2, -0.15) is 4.72 Å². The number of esters is 1. The van der Waals surface area contributed by atoms with E-state index in [0.717, 1.165) is 11.1 Å². The zero-order chi connectivity index (χ0) is 24.3. The summed E-state index contributed by atoms with van der Waals surface area (Å²) >= 11 is 0. The zero-order valence-electron chi connectivity index (χ0n) is 19.2. The Bertz CT molecular complexity index is 1330. The monoisotopic (exact) mass is 473 g/mol. The van der Waals surface area contributed by atoms with Crippen molar-refractivity contribution in [2.75, 3.05) is 7.11 Å². The first-order valence-corrected chi connectivity index (χ1v) is 11.9. The maximum Gasteiger partial charge on any atom is 0.336 e. The average molecular weight is 474 g/mol. The summed E-state index contributed by atoms with van der Waals surface area (Å²) in [6.07, 6.45) is 0. The van der Waals surface area contributed by atoms with Gasteiger partial charge in [-0.25, -0.2) is 13.2 Å². The van der Waals surface area contributed by atoms with Crippen LogP contribution in [0.25, 0.3) is 11.0 Å². The minimum Gasteiger partial charge on any atom is -0.497 e. The third kappa shape index (κ3) is 5.43. The molecule has 0 fully saturated rings. The van der Waals surface area contributed by atoms with Crippen molar-refractivity contribution in [3.8, 4) is 5.75 Å². The fraction of sp³-hybridized carbons (Fsp3) is 0.333. The summed E-state index contributed by atoms with van der Waals surface area (Å²) in [6.45, 7) is 6.97. The average Bonchev–Trinajstić information content (AvgIpc) is 2.78. The van der Waals surface area contributed by atoms with Crippen LogP contribution in [0.4, 0.5) is 0 Å². The molecule has 1 N–H and O–H groups in total. The van der Waals surface area contributed by atoms with Gasteiger partial charge >= 0.3 is 11.6 Å². The number of carbonyl (C=O) groups excluding carboxylic acids is 1. The van der Waals surface area contributed by atoms with Crippen LogP contribution in [0, 0.1) is 19.8 Å². The highest BCUT2D eigenvalue weighted by atomic mass is 32.2. The van der Waals surface area contributed by atoms with Gasteiger partial charge in [0, 0.05) is 17.0 Å². The number of nitrogens with one attached hydrogen (secondary N) is 1. The van der Waals surface area contributed by atoms with Gasteiger partial charge in [-0.1, -0.05) is 26.0 Å². The van der Waals surface area contributed by atoms with Crippen molar-refractivity contribution in [3.05, 3.63) is 69.6 Å². The first kappa shape index (κ1) is 24.5. The van der Waals surface area contributed by atoms with Gasteiger partial charge in [-0.3, -0.25) is 4.79 Å². The summed E-state index contributed by atoms with van der Waals surface area (Å²) in [5.74, 6) is -0.612. The van der Waals surface area contributed by atoms with E-state index in [1.165, 1.54) is 37.4 Å². The number of hydrogen-bond donors (Lipinski definition) is 1. The second-order valence-electron chi connectivity index (χ2n) is 8.10. The Kier molecular flexibility index (Phi) is 7.24. The number of ether oxygens (including phenoxy) is 2. The van der Waals surface area contributed by atoms with Crippen LogP contribution in [0.15, 0.2) is 56.6 Å². The van der Waals surface area contributed by atoms with Crippen molar-refractivity contribution >= 4 is 27.0 Å². The standard InChI is InChI=1S/C24H27NO7S/c1-14(2)22(25-33(28,29)19-9-7-18(30-5)8-10-19)24(27)31-13-17-12-21(26)32-23-16(4)15(3)6-11-20(17)23/h6-12,14,22,25H,13H2,1-5H3. The molecule has 0 aliphatic rings. The van der Waals surface area contributed by atoms with E-state index < -0.39 is 27.7 Å². The predicted molar refractivity (Wildman–Crippen MR) is 124 cm³/mol. The molecule has 3 rings (SSSR count). The molecule has 1 aromatic heterocycles. The third-order valence-corrected chi connectivity index (χ3v) is 6.92.